The maximum atomic E-state index is 12.9. The third-order valence-electron chi connectivity index (χ3n) is 3.64. The van der Waals surface area contributed by atoms with Crippen molar-refractivity contribution in [3.63, 3.8) is 0 Å². The van der Waals surface area contributed by atoms with Crippen LogP contribution in [0.5, 0.6) is 0 Å². The second kappa shape index (κ2) is 5.48. The highest BCUT2D eigenvalue weighted by molar-refractivity contribution is 6.15. The number of ketones is 1. The minimum Gasteiger partial charge on any atom is -0.287 e. The summed E-state index contributed by atoms with van der Waals surface area (Å²) in [7, 11) is 0. The van der Waals surface area contributed by atoms with Gasteiger partial charge in [0.05, 0.1) is 11.3 Å². The summed E-state index contributed by atoms with van der Waals surface area (Å²) in [5, 5.41) is 6.35. The molecular formula is C17H17N3O. The standard InChI is InChI=1S/C17H17N3O/c1-3-13-9-16(20(4-2)19-13)17(21)15-11-18-10-12-7-5-6-8-14(12)15/h5-11H,3-4H2,1-2H3. The average Bonchev–Trinajstić information content (AvgIpc) is 2.97. The van der Waals surface area contributed by atoms with Crippen LogP contribution in [-0.2, 0) is 13.0 Å². The van der Waals surface area contributed by atoms with Gasteiger partial charge < -0.3 is 0 Å². The minimum atomic E-state index is -0.0200. The van der Waals surface area contributed by atoms with Crippen molar-refractivity contribution < 1.29 is 4.79 Å². The Morgan fingerprint density at radius 2 is 2.00 bits per heavy atom. The Balaban J connectivity index is 2.15. The Morgan fingerprint density at radius 1 is 1.19 bits per heavy atom. The number of rotatable bonds is 4. The number of benzene rings is 1. The number of fused-ring (bicyclic) bond motifs is 1. The Labute approximate surface area is 123 Å². The van der Waals surface area contributed by atoms with E-state index in [4.69, 9.17) is 0 Å². The molecule has 3 aromatic rings. The number of pyridine rings is 1. The fraction of sp³-hybridized carbons (Fsp3) is 0.235. The topological polar surface area (TPSA) is 47.8 Å². The zero-order valence-corrected chi connectivity index (χ0v) is 12.2. The van der Waals surface area contributed by atoms with E-state index in [2.05, 4.69) is 10.1 Å². The van der Waals surface area contributed by atoms with E-state index in [0.29, 0.717) is 17.8 Å². The molecule has 4 heteroatoms. The molecule has 0 bridgehead atoms. The molecule has 3 rings (SSSR count). The molecule has 106 valence electrons. The summed E-state index contributed by atoms with van der Waals surface area (Å²) in [6.45, 7) is 4.71. The van der Waals surface area contributed by atoms with Crippen molar-refractivity contribution in [2.24, 2.45) is 0 Å². The monoisotopic (exact) mass is 279 g/mol. The molecule has 0 aliphatic heterocycles. The number of hydrogen-bond acceptors (Lipinski definition) is 3. The summed E-state index contributed by atoms with van der Waals surface area (Å²) in [6.07, 6.45) is 4.24. The number of hydrogen-bond donors (Lipinski definition) is 0. The highest BCUT2D eigenvalue weighted by atomic mass is 16.1. The zero-order valence-electron chi connectivity index (χ0n) is 12.2. The maximum Gasteiger partial charge on any atom is 0.213 e. The van der Waals surface area contributed by atoms with Crippen molar-refractivity contribution in [1.82, 2.24) is 14.8 Å². The molecule has 0 amide bonds. The van der Waals surface area contributed by atoms with Crippen LogP contribution in [0.3, 0.4) is 0 Å². The summed E-state index contributed by atoms with van der Waals surface area (Å²) >= 11 is 0. The number of carbonyl (C=O) groups excluding carboxylic acids is 1. The summed E-state index contributed by atoms with van der Waals surface area (Å²) in [5.41, 5.74) is 2.20. The van der Waals surface area contributed by atoms with Crippen molar-refractivity contribution in [2.75, 3.05) is 0 Å². The normalized spacial score (nSPS) is 11.0. The van der Waals surface area contributed by atoms with Gasteiger partial charge in [-0.1, -0.05) is 31.2 Å². The van der Waals surface area contributed by atoms with E-state index in [0.717, 1.165) is 22.9 Å². The smallest absolute Gasteiger partial charge is 0.213 e. The molecule has 0 aliphatic rings. The summed E-state index contributed by atoms with van der Waals surface area (Å²) < 4.78 is 1.77. The first-order chi connectivity index (χ1) is 10.2. The third kappa shape index (κ3) is 2.33. The molecule has 0 radical (unpaired) electrons. The van der Waals surface area contributed by atoms with Crippen LogP contribution in [0.2, 0.25) is 0 Å². The lowest BCUT2D eigenvalue weighted by Gasteiger charge is -2.06. The van der Waals surface area contributed by atoms with Crippen LogP contribution in [0, 0.1) is 0 Å². The Kier molecular flexibility index (Phi) is 3.52. The lowest BCUT2D eigenvalue weighted by molar-refractivity contribution is 0.103. The average molecular weight is 279 g/mol. The second-order valence-corrected chi connectivity index (χ2v) is 4.93. The van der Waals surface area contributed by atoms with Gasteiger partial charge in [0.15, 0.2) is 0 Å². The van der Waals surface area contributed by atoms with Crippen molar-refractivity contribution in [3.05, 3.63) is 59.7 Å². The van der Waals surface area contributed by atoms with Crippen LogP contribution >= 0.6 is 0 Å². The molecule has 21 heavy (non-hydrogen) atoms. The van der Waals surface area contributed by atoms with Gasteiger partial charge in [-0.3, -0.25) is 14.5 Å². The molecule has 0 spiro atoms. The molecule has 0 atom stereocenters. The van der Waals surface area contributed by atoms with E-state index in [1.165, 1.54) is 0 Å². The summed E-state index contributed by atoms with van der Waals surface area (Å²) in [4.78, 5) is 17.1. The number of nitrogens with zero attached hydrogens (tertiary/aromatic N) is 3. The van der Waals surface area contributed by atoms with Gasteiger partial charge in [0.25, 0.3) is 0 Å². The van der Waals surface area contributed by atoms with Crippen LogP contribution in [0.4, 0.5) is 0 Å². The van der Waals surface area contributed by atoms with E-state index in [1.54, 1.807) is 17.1 Å². The Morgan fingerprint density at radius 3 is 2.76 bits per heavy atom. The molecular weight excluding hydrogens is 262 g/mol. The van der Waals surface area contributed by atoms with Gasteiger partial charge in [-0.2, -0.15) is 5.10 Å². The molecule has 0 unspecified atom stereocenters. The molecule has 2 heterocycles. The van der Waals surface area contributed by atoms with Gasteiger partial charge in [-0.05, 0) is 24.8 Å². The third-order valence-corrected chi connectivity index (χ3v) is 3.64. The maximum absolute atomic E-state index is 12.9. The fourth-order valence-corrected chi connectivity index (χ4v) is 2.50. The zero-order chi connectivity index (χ0) is 14.8. The van der Waals surface area contributed by atoms with Crippen LogP contribution in [-0.4, -0.2) is 20.5 Å². The lowest BCUT2D eigenvalue weighted by Crippen LogP contribution is -2.11. The largest absolute Gasteiger partial charge is 0.287 e. The first-order valence-corrected chi connectivity index (χ1v) is 7.18. The first kappa shape index (κ1) is 13.5. The van der Waals surface area contributed by atoms with Crippen molar-refractivity contribution in [1.29, 1.82) is 0 Å². The molecule has 0 N–H and O–H groups in total. The molecule has 1 aromatic carbocycles. The van der Waals surface area contributed by atoms with Gasteiger partial charge in [0.1, 0.15) is 5.69 Å². The van der Waals surface area contributed by atoms with Gasteiger partial charge in [-0.15, -0.1) is 0 Å². The van der Waals surface area contributed by atoms with Crippen LogP contribution < -0.4 is 0 Å². The molecule has 0 saturated heterocycles. The predicted octanol–water partition coefficient (Wildman–Crippen LogP) is 3.24. The van der Waals surface area contributed by atoms with Crippen molar-refractivity contribution in [2.45, 2.75) is 26.8 Å². The van der Waals surface area contributed by atoms with E-state index in [-0.39, 0.29) is 5.78 Å². The molecule has 4 nitrogen and oxygen atoms in total. The van der Waals surface area contributed by atoms with Crippen LogP contribution in [0.25, 0.3) is 10.8 Å². The Hall–Kier alpha value is -2.49. The predicted molar refractivity (Wildman–Crippen MR) is 82.5 cm³/mol. The van der Waals surface area contributed by atoms with E-state index < -0.39 is 0 Å². The van der Waals surface area contributed by atoms with Gasteiger partial charge >= 0.3 is 0 Å². The molecule has 2 aromatic heterocycles. The van der Waals surface area contributed by atoms with Gasteiger partial charge in [0, 0.05) is 24.3 Å². The lowest BCUT2D eigenvalue weighted by atomic mass is 10.0. The number of carbonyl (C=O) groups is 1. The fourth-order valence-electron chi connectivity index (χ4n) is 2.50. The first-order valence-electron chi connectivity index (χ1n) is 7.18. The molecule has 0 saturated carbocycles. The molecule has 0 aliphatic carbocycles. The van der Waals surface area contributed by atoms with Crippen molar-refractivity contribution in [3.8, 4) is 0 Å². The highest BCUT2D eigenvalue weighted by Gasteiger charge is 2.18. The van der Waals surface area contributed by atoms with Crippen LogP contribution in [0.15, 0.2) is 42.7 Å². The SMILES string of the molecule is CCc1cc(C(=O)c2cncc3ccccc23)n(CC)n1. The van der Waals surface area contributed by atoms with Crippen LogP contribution in [0.1, 0.15) is 35.6 Å². The second-order valence-electron chi connectivity index (χ2n) is 4.93. The number of aryl methyl sites for hydroxylation is 2. The number of aromatic nitrogens is 3. The van der Waals surface area contributed by atoms with Gasteiger partial charge in [0.2, 0.25) is 5.78 Å². The summed E-state index contributed by atoms with van der Waals surface area (Å²) in [5.74, 6) is -0.0200. The summed E-state index contributed by atoms with van der Waals surface area (Å²) in [6, 6.07) is 9.69. The van der Waals surface area contributed by atoms with Gasteiger partial charge in [-0.25, -0.2) is 0 Å². The molecule has 0 fully saturated rings. The highest BCUT2D eigenvalue weighted by Crippen LogP contribution is 2.20. The Bertz CT molecular complexity index is 799. The van der Waals surface area contributed by atoms with E-state index in [9.17, 15) is 4.79 Å². The van der Waals surface area contributed by atoms with E-state index in [1.807, 2.05) is 44.2 Å². The van der Waals surface area contributed by atoms with Crippen molar-refractivity contribution >= 4 is 16.6 Å². The quantitative estimate of drug-likeness (QED) is 0.689. The minimum absolute atomic E-state index is 0.0200. The van der Waals surface area contributed by atoms with E-state index >= 15 is 0 Å².